The molecule has 0 atom stereocenters. The van der Waals surface area contributed by atoms with Crippen molar-refractivity contribution < 1.29 is 0 Å². The average Bonchev–Trinajstić information content (AvgIpc) is 2.54. The number of hydrogen-bond acceptors (Lipinski definition) is 2. The molecule has 0 aliphatic rings. The topological polar surface area (TPSA) is 24.9 Å². The molecule has 0 bridgehead atoms. The van der Waals surface area contributed by atoms with Crippen LogP contribution in [0.2, 0.25) is 0 Å². The summed E-state index contributed by atoms with van der Waals surface area (Å²) in [6.45, 7) is 3.13. The molecule has 106 valence electrons. The van der Waals surface area contributed by atoms with Crippen molar-refractivity contribution in [2.75, 3.05) is 11.9 Å². The summed E-state index contributed by atoms with van der Waals surface area (Å²) in [5.74, 6) is 0. The van der Waals surface area contributed by atoms with Gasteiger partial charge in [-0.2, -0.15) is 0 Å². The van der Waals surface area contributed by atoms with E-state index in [9.17, 15) is 0 Å². The average molecular weight is 341 g/mol. The van der Waals surface area contributed by atoms with Crippen LogP contribution < -0.4 is 5.32 Å². The van der Waals surface area contributed by atoms with Crippen molar-refractivity contribution in [3.05, 3.63) is 59.1 Å². The van der Waals surface area contributed by atoms with Crippen LogP contribution in [-0.4, -0.2) is 11.5 Å². The number of rotatable bonds is 4. The molecule has 0 unspecified atom stereocenters. The number of nitrogens with zero attached hydrogens (tertiary/aromatic N) is 1. The van der Waals surface area contributed by atoms with Crippen LogP contribution in [0.25, 0.3) is 22.2 Å². The monoisotopic (exact) mass is 340 g/mol. The first-order valence-corrected chi connectivity index (χ1v) is 7.97. The minimum absolute atomic E-state index is 0.958. The van der Waals surface area contributed by atoms with Gasteiger partial charge in [0.05, 0.1) is 11.2 Å². The fourth-order valence-corrected chi connectivity index (χ4v) is 2.83. The molecule has 21 heavy (non-hydrogen) atoms. The van der Waals surface area contributed by atoms with E-state index in [1.165, 1.54) is 0 Å². The highest BCUT2D eigenvalue weighted by Gasteiger charge is 2.09. The lowest BCUT2D eigenvalue weighted by Crippen LogP contribution is -2.01. The van der Waals surface area contributed by atoms with Gasteiger partial charge in [-0.15, -0.1) is 0 Å². The SMILES string of the molecule is CCCNc1cc(-c2ccccc2)nc2c(Br)cccc12. The minimum atomic E-state index is 0.958. The molecule has 0 aliphatic carbocycles. The molecule has 1 aromatic heterocycles. The summed E-state index contributed by atoms with van der Waals surface area (Å²) < 4.78 is 1.03. The Balaban J connectivity index is 2.20. The molecule has 1 N–H and O–H groups in total. The predicted molar refractivity (Wildman–Crippen MR) is 93.7 cm³/mol. The van der Waals surface area contributed by atoms with Gasteiger partial charge in [0.1, 0.15) is 0 Å². The second-order valence-corrected chi connectivity index (χ2v) is 5.84. The molecular formula is C18H17BrN2. The summed E-state index contributed by atoms with van der Waals surface area (Å²) in [5, 5.41) is 4.66. The Bertz CT molecular complexity index is 754. The van der Waals surface area contributed by atoms with Gasteiger partial charge in [-0.3, -0.25) is 0 Å². The first-order valence-electron chi connectivity index (χ1n) is 7.18. The van der Waals surface area contributed by atoms with E-state index in [2.05, 4.69) is 52.4 Å². The number of benzene rings is 2. The highest BCUT2D eigenvalue weighted by molar-refractivity contribution is 9.10. The largest absolute Gasteiger partial charge is 0.384 e. The van der Waals surface area contributed by atoms with Gasteiger partial charge < -0.3 is 5.32 Å². The van der Waals surface area contributed by atoms with E-state index in [0.29, 0.717) is 0 Å². The smallest absolute Gasteiger partial charge is 0.0872 e. The molecule has 0 saturated carbocycles. The molecule has 3 aromatic rings. The van der Waals surface area contributed by atoms with Crippen LogP contribution in [0.15, 0.2) is 59.1 Å². The summed E-state index contributed by atoms with van der Waals surface area (Å²) in [5.41, 5.74) is 4.27. The summed E-state index contributed by atoms with van der Waals surface area (Å²) >= 11 is 3.62. The lowest BCUT2D eigenvalue weighted by molar-refractivity contribution is 0.981. The van der Waals surface area contributed by atoms with Gasteiger partial charge in [0.15, 0.2) is 0 Å². The third-order valence-corrected chi connectivity index (χ3v) is 4.07. The van der Waals surface area contributed by atoms with Crippen LogP contribution in [0.3, 0.4) is 0 Å². The molecule has 0 spiro atoms. The quantitative estimate of drug-likeness (QED) is 0.679. The molecule has 0 radical (unpaired) electrons. The number of hydrogen-bond donors (Lipinski definition) is 1. The first kappa shape index (κ1) is 14.1. The maximum Gasteiger partial charge on any atom is 0.0872 e. The van der Waals surface area contributed by atoms with Crippen LogP contribution in [0, 0.1) is 0 Å². The first-order chi connectivity index (χ1) is 10.3. The maximum atomic E-state index is 4.83. The summed E-state index contributed by atoms with van der Waals surface area (Å²) in [4.78, 5) is 4.83. The Morgan fingerprint density at radius 2 is 1.86 bits per heavy atom. The van der Waals surface area contributed by atoms with Gasteiger partial charge >= 0.3 is 0 Å². The molecule has 2 aromatic carbocycles. The second kappa shape index (κ2) is 6.27. The van der Waals surface area contributed by atoms with Gasteiger partial charge in [0.2, 0.25) is 0 Å². The van der Waals surface area contributed by atoms with Gasteiger partial charge in [-0.05, 0) is 34.5 Å². The Kier molecular flexibility index (Phi) is 4.20. The predicted octanol–water partition coefficient (Wildman–Crippen LogP) is 5.49. The van der Waals surface area contributed by atoms with Crippen LogP contribution in [-0.2, 0) is 0 Å². The Hall–Kier alpha value is -1.87. The van der Waals surface area contributed by atoms with Crippen LogP contribution in [0.4, 0.5) is 5.69 Å². The molecular weight excluding hydrogens is 324 g/mol. The van der Waals surface area contributed by atoms with Crippen molar-refractivity contribution >= 4 is 32.5 Å². The molecule has 0 fully saturated rings. The minimum Gasteiger partial charge on any atom is -0.384 e. The number of aromatic nitrogens is 1. The molecule has 1 heterocycles. The van der Waals surface area contributed by atoms with E-state index >= 15 is 0 Å². The second-order valence-electron chi connectivity index (χ2n) is 4.98. The van der Waals surface area contributed by atoms with E-state index in [4.69, 9.17) is 4.98 Å². The van der Waals surface area contributed by atoms with E-state index in [-0.39, 0.29) is 0 Å². The summed E-state index contributed by atoms with van der Waals surface area (Å²) in [7, 11) is 0. The van der Waals surface area contributed by atoms with E-state index < -0.39 is 0 Å². The van der Waals surface area contributed by atoms with Crippen molar-refractivity contribution in [1.82, 2.24) is 4.98 Å². The number of anilines is 1. The summed E-state index contributed by atoms with van der Waals surface area (Å²) in [6.07, 6.45) is 1.10. The van der Waals surface area contributed by atoms with Crippen LogP contribution in [0.1, 0.15) is 13.3 Å². The Morgan fingerprint density at radius 1 is 1.05 bits per heavy atom. The number of para-hydroxylation sites is 1. The fourth-order valence-electron chi connectivity index (χ4n) is 2.38. The number of nitrogens with one attached hydrogen (secondary N) is 1. The van der Waals surface area contributed by atoms with E-state index in [1.54, 1.807) is 0 Å². The third-order valence-electron chi connectivity index (χ3n) is 3.43. The van der Waals surface area contributed by atoms with Crippen LogP contribution in [0.5, 0.6) is 0 Å². The van der Waals surface area contributed by atoms with Crippen molar-refractivity contribution in [1.29, 1.82) is 0 Å². The van der Waals surface area contributed by atoms with Crippen molar-refractivity contribution in [2.45, 2.75) is 13.3 Å². The van der Waals surface area contributed by atoms with Gasteiger partial charge in [-0.1, -0.05) is 49.4 Å². The van der Waals surface area contributed by atoms with Gasteiger partial charge in [-0.25, -0.2) is 4.98 Å². The third kappa shape index (κ3) is 2.93. The van der Waals surface area contributed by atoms with E-state index in [0.717, 1.165) is 45.3 Å². The van der Waals surface area contributed by atoms with Gasteiger partial charge in [0.25, 0.3) is 0 Å². The molecule has 3 rings (SSSR count). The molecule has 0 saturated heterocycles. The molecule has 0 aliphatic heterocycles. The Morgan fingerprint density at radius 3 is 2.62 bits per heavy atom. The highest BCUT2D eigenvalue weighted by Crippen LogP contribution is 2.32. The van der Waals surface area contributed by atoms with E-state index in [1.807, 2.05) is 30.3 Å². The van der Waals surface area contributed by atoms with Crippen molar-refractivity contribution in [2.24, 2.45) is 0 Å². The van der Waals surface area contributed by atoms with Crippen LogP contribution >= 0.6 is 15.9 Å². The Labute approximate surface area is 133 Å². The van der Waals surface area contributed by atoms with Crippen molar-refractivity contribution in [3.8, 4) is 11.3 Å². The fraction of sp³-hybridized carbons (Fsp3) is 0.167. The maximum absolute atomic E-state index is 4.83. The lowest BCUT2D eigenvalue weighted by Gasteiger charge is -2.12. The number of halogens is 1. The standard InChI is InChI=1S/C18H17BrN2/c1-2-11-20-17-12-16(13-7-4-3-5-8-13)21-18-14(17)9-6-10-15(18)19/h3-10,12H,2,11H2,1H3,(H,20,21). The normalized spacial score (nSPS) is 10.8. The zero-order valence-electron chi connectivity index (χ0n) is 11.9. The van der Waals surface area contributed by atoms with Crippen molar-refractivity contribution in [3.63, 3.8) is 0 Å². The molecule has 2 nitrogen and oxygen atoms in total. The number of pyridine rings is 1. The molecule has 0 amide bonds. The van der Waals surface area contributed by atoms with Gasteiger partial charge in [0, 0.05) is 27.7 Å². The lowest BCUT2D eigenvalue weighted by atomic mass is 10.1. The zero-order chi connectivity index (χ0) is 14.7. The zero-order valence-corrected chi connectivity index (χ0v) is 13.5. The highest BCUT2D eigenvalue weighted by atomic mass is 79.9. The summed E-state index contributed by atoms with van der Waals surface area (Å²) in [6, 6.07) is 18.6. The molecule has 3 heteroatoms. The number of fused-ring (bicyclic) bond motifs is 1.